The molecule has 0 atom stereocenters. The van der Waals surface area contributed by atoms with Crippen LogP contribution in [0.2, 0.25) is 0 Å². The highest BCUT2D eigenvalue weighted by Gasteiger charge is 2.11. The molecule has 0 spiro atoms. The average Bonchev–Trinajstić information content (AvgIpc) is 3.27. The van der Waals surface area contributed by atoms with Crippen LogP contribution in [0.25, 0.3) is 11.5 Å². The Balaban J connectivity index is 1.26. The predicted molar refractivity (Wildman–Crippen MR) is 114 cm³/mol. The Morgan fingerprint density at radius 3 is 2.53 bits per heavy atom. The number of nitrogens with zero attached hydrogens (tertiary/aromatic N) is 3. The van der Waals surface area contributed by atoms with Crippen LogP contribution >= 0.6 is 0 Å². The molecule has 2 N–H and O–H groups in total. The Hall–Kier alpha value is -3.23. The fourth-order valence-electron chi connectivity index (χ4n) is 3.22. The molecular formula is C22H25N5O3. The van der Waals surface area contributed by atoms with E-state index in [1.54, 1.807) is 12.1 Å². The molecule has 0 bridgehead atoms. The zero-order valence-corrected chi connectivity index (χ0v) is 16.7. The van der Waals surface area contributed by atoms with Gasteiger partial charge in [0.25, 0.3) is 5.91 Å². The first-order valence-electron chi connectivity index (χ1n) is 10.1. The van der Waals surface area contributed by atoms with E-state index in [1.165, 1.54) is 0 Å². The first kappa shape index (κ1) is 20.1. The first-order chi connectivity index (χ1) is 14.8. The van der Waals surface area contributed by atoms with Gasteiger partial charge in [0.2, 0.25) is 5.89 Å². The SMILES string of the molecule is O=C(Nc1ccc(-c2nnc(NCCCN3CCOCC3)o2)cc1)c1ccccc1. The molecule has 3 aromatic rings. The zero-order chi connectivity index (χ0) is 20.6. The standard InChI is InChI=1S/C22H25N5O3/c28-20(17-5-2-1-3-6-17)24-19-9-7-18(8-10-19)21-25-26-22(30-21)23-11-4-12-27-13-15-29-16-14-27/h1-3,5-10H,4,11-16H2,(H,23,26)(H,24,28). The molecule has 0 radical (unpaired) electrons. The quantitative estimate of drug-likeness (QED) is 0.554. The van der Waals surface area contributed by atoms with Crippen molar-refractivity contribution >= 4 is 17.6 Å². The summed E-state index contributed by atoms with van der Waals surface area (Å²) in [4.78, 5) is 14.6. The van der Waals surface area contributed by atoms with Gasteiger partial charge in [-0.3, -0.25) is 9.69 Å². The molecule has 0 saturated carbocycles. The van der Waals surface area contributed by atoms with E-state index in [2.05, 4.69) is 25.7 Å². The number of aromatic nitrogens is 2. The zero-order valence-electron chi connectivity index (χ0n) is 16.7. The summed E-state index contributed by atoms with van der Waals surface area (Å²) in [5, 5.41) is 14.2. The lowest BCUT2D eigenvalue weighted by atomic mass is 10.2. The van der Waals surface area contributed by atoms with Crippen molar-refractivity contribution in [3.63, 3.8) is 0 Å². The molecule has 2 aromatic carbocycles. The van der Waals surface area contributed by atoms with Crippen molar-refractivity contribution in [2.45, 2.75) is 6.42 Å². The summed E-state index contributed by atoms with van der Waals surface area (Å²) >= 11 is 0. The minimum atomic E-state index is -0.148. The molecular weight excluding hydrogens is 382 g/mol. The second-order valence-electron chi connectivity index (χ2n) is 7.04. The van der Waals surface area contributed by atoms with E-state index in [4.69, 9.17) is 9.15 Å². The Morgan fingerprint density at radius 2 is 1.77 bits per heavy atom. The number of carbonyl (C=O) groups is 1. The minimum absolute atomic E-state index is 0.148. The molecule has 156 valence electrons. The van der Waals surface area contributed by atoms with Crippen LogP contribution < -0.4 is 10.6 Å². The molecule has 8 heteroatoms. The van der Waals surface area contributed by atoms with Gasteiger partial charge >= 0.3 is 6.01 Å². The average molecular weight is 407 g/mol. The number of amides is 1. The Kier molecular flexibility index (Phi) is 6.68. The van der Waals surface area contributed by atoms with Gasteiger partial charge in [0.1, 0.15) is 0 Å². The minimum Gasteiger partial charge on any atom is -0.403 e. The van der Waals surface area contributed by atoms with Gasteiger partial charge in [-0.25, -0.2) is 0 Å². The topological polar surface area (TPSA) is 92.5 Å². The molecule has 1 saturated heterocycles. The number of hydrogen-bond donors (Lipinski definition) is 2. The smallest absolute Gasteiger partial charge is 0.315 e. The highest BCUT2D eigenvalue weighted by Crippen LogP contribution is 2.22. The summed E-state index contributed by atoms with van der Waals surface area (Å²) in [6.07, 6.45) is 0.994. The summed E-state index contributed by atoms with van der Waals surface area (Å²) < 4.78 is 11.1. The van der Waals surface area contributed by atoms with E-state index in [0.29, 0.717) is 23.2 Å². The summed E-state index contributed by atoms with van der Waals surface area (Å²) in [6.45, 7) is 5.40. The highest BCUT2D eigenvalue weighted by atomic mass is 16.5. The number of morpholine rings is 1. The van der Waals surface area contributed by atoms with Gasteiger partial charge < -0.3 is 19.8 Å². The largest absolute Gasteiger partial charge is 0.403 e. The van der Waals surface area contributed by atoms with Crippen LogP contribution in [0, 0.1) is 0 Å². The number of anilines is 2. The predicted octanol–water partition coefficient (Wildman–Crippen LogP) is 3.12. The first-order valence-corrected chi connectivity index (χ1v) is 10.1. The van der Waals surface area contributed by atoms with Crippen LogP contribution in [0.5, 0.6) is 0 Å². The van der Waals surface area contributed by atoms with Crippen LogP contribution in [0.1, 0.15) is 16.8 Å². The molecule has 0 unspecified atom stereocenters. The van der Waals surface area contributed by atoms with E-state index in [0.717, 1.165) is 51.4 Å². The molecule has 1 fully saturated rings. The second-order valence-corrected chi connectivity index (χ2v) is 7.04. The number of rotatable bonds is 8. The Bertz CT molecular complexity index is 937. The van der Waals surface area contributed by atoms with Crippen molar-refractivity contribution in [1.29, 1.82) is 0 Å². The lowest BCUT2D eigenvalue weighted by molar-refractivity contribution is 0.0378. The van der Waals surface area contributed by atoms with Crippen molar-refractivity contribution in [3.8, 4) is 11.5 Å². The van der Waals surface area contributed by atoms with E-state index >= 15 is 0 Å². The molecule has 8 nitrogen and oxygen atoms in total. The monoisotopic (exact) mass is 407 g/mol. The number of ether oxygens (including phenoxy) is 1. The molecule has 0 aliphatic carbocycles. The summed E-state index contributed by atoms with van der Waals surface area (Å²) in [5.41, 5.74) is 2.11. The lowest BCUT2D eigenvalue weighted by Crippen LogP contribution is -2.37. The Labute approximate surface area is 175 Å². The molecule has 1 amide bonds. The third-order valence-electron chi connectivity index (χ3n) is 4.88. The third kappa shape index (κ3) is 5.43. The molecule has 30 heavy (non-hydrogen) atoms. The van der Waals surface area contributed by atoms with Crippen molar-refractivity contribution in [2.75, 3.05) is 50.0 Å². The van der Waals surface area contributed by atoms with Crippen LogP contribution in [0.3, 0.4) is 0 Å². The van der Waals surface area contributed by atoms with E-state index < -0.39 is 0 Å². The van der Waals surface area contributed by atoms with E-state index in [1.807, 2.05) is 42.5 Å². The maximum absolute atomic E-state index is 12.2. The number of benzene rings is 2. The fourth-order valence-corrected chi connectivity index (χ4v) is 3.22. The van der Waals surface area contributed by atoms with Gasteiger partial charge in [-0.05, 0) is 49.4 Å². The van der Waals surface area contributed by atoms with E-state index in [-0.39, 0.29) is 5.91 Å². The van der Waals surface area contributed by atoms with Crippen LogP contribution in [0.4, 0.5) is 11.7 Å². The normalized spacial score (nSPS) is 14.4. The van der Waals surface area contributed by atoms with Gasteiger partial charge in [0.05, 0.1) is 13.2 Å². The van der Waals surface area contributed by atoms with Gasteiger partial charge in [-0.15, -0.1) is 5.10 Å². The summed E-state index contributed by atoms with van der Waals surface area (Å²) in [6, 6.07) is 16.8. The number of hydrogen-bond acceptors (Lipinski definition) is 7. The van der Waals surface area contributed by atoms with Gasteiger partial charge in [0.15, 0.2) is 0 Å². The van der Waals surface area contributed by atoms with Crippen molar-refractivity contribution in [1.82, 2.24) is 15.1 Å². The van der Waals surface area contributed by atoms with Gasteiger partial charge in [0, 0.05) is 36.4 Å². The van der Waals surface area contributed by atoms with Crippen LogP contribution in [0.15, 0.2) is 59.0 Å². The Morgan fingerprint density at radius 1 is 1.00 bits per heavy atom. The van der Waals surface area contributed by atoms with Crippen molar-refractivity contribution < 1.29 is 13.9 Å². The van der Waals surface area contributed by atoms with Crippen LogP contribution in [-0.4, -0.2) is 60.4 Å². The van der Waals surface area contributed by atoms with Crippen molar-refractivity contribution in [2.24, 2.45) is 0 Å². The third-order valence-corrected chi connectivity index (χ3v) is 4.88. The lowest BCUT2D eigenvalue weighted by Gasteiger charge is -2.26. The fraction of sp³-hybridized carbons (Fsp3) is 0.318. The molecule has 1 aromatic heterocycles. The number of carbonyl (C=O) groups excluding carboxylic acids is 1. The molecule has 1 aliphatic rings. The van der Waals surface area contributed by atoms with Crippen LogP contribution in [-0.2, 0) is 4.74 Å². The summed E-state index contributed by atoms with van der Waals surface area (Å²) in [7, 11) is 0. The molecule has 2 heterocycles. The van der Waals surface area contributed by atoms with Gasteiger partial charge in [-0.1, -0.05) is 23.3 Å². The highest BCUT2D eigenvalue weighted by molar-refractivity contribution is 6.04. The molecule has 4 rings (SSSR count). The maximum atomic E-state index is 12.2. The molecule has 1 aliphatic heterocycles. The maximum Gasteiger partial charge on any atom is 0.315 e. The van der Waals surface area contributed by atoms with E-state index in [9.17, 15) is 4.79 Å². The van der Waals surface area contributed by atoms with Gasteiger partial charge in [-0.2, -0.15) is 0 Å². The summed E-state index contributed by atoms with van der Waals surface area (Å²) in [5.74, 6) is 0.288. The number of nitrogens with one attached hydrogen (secondary N) is 2. The van der Waals surface area contributed by atoms with Crippen molar-refractivity contribution in [3.05, 3.63) is 60.2 Å². The second kappa shape index (κ2) is 10.00.